The van der Waals surface area contributed by atoms with E-state index in [4.69, 9.17) is 5.10 Å². The molecule has 10 nitrogen and oxygen atoms in total. The summed E-state index contributed by atoms with van der Waals surface area (Å²) in [5.74, 6) is -0.313. The Morgan fingerprint density at radius 1 is 0.885 bits per heavy atom. The number of aryl methyl sites for hydroxylation is 2. The zero-order chi connectivity index (χ0) is 36.8. The van der Waals surface area contributed by atoms with Crippen molar-refractivity contribution in [1.29, 1.82) is 0 Å². The molecule has 4 aromatic rings. The molecule has 1 N–H and O–H groups in total. The molecule has 0 aliphatic carbocycles. The molecule has 52 heavy (non-hydrogen) atoms. The van der Waals surface area contributed by atoms with Crippen LogP contribution in [0.4, 0.5) is 5.69 Å². The highest BCUT2D eigenvalue weighted by Crippen LogP contribution is 2.30. The maximum Gasteiger partial charge on any atom is 0.274 e. The van der Waals surface area contributed by atoms with Gasteiger partial charge in [-0.2, -0.15) is 5.10 Å². The Kier molecular flexibility index (Phi) is 11.7. The lowest BCUT2D eigenvalue weighted by atomic mass is 9.93. The zero-order valence-electron chi connectivity index (χ0n) is 31.1. The molecule has 6 rings (SSSR count). The molecule has 274 valence electrons. The van der Waals surface area contributed by atoms with Crippen LogP contribution in [0.3, 0.4) is 0 Å². The van der Waals surface area contributed by atoms with E-state index in [1.54, 1.807) is 15.6 Å². The van der Waals surface area contributed by atoms with Crippen LogP contribution >= 0.6 is 0 Å². The molecule has 0 saturated carbocycles. The molecule has 1 saturated heterocycles. The Morgan fingerprint density at radius 2 is 1.60 bits per heavy atom. The van der Waals surface area contributed by atoms with Crippen LogP contribution in [0.5, 0.6) is 0 Å². The Labute approximate surface area is 307 Å². The molecule has 1 atom stereocenters. The Hall–Kier alpha value is -4.96. The Balaban J connectivity index is 1.33. The topological polar surface area (TPSA) is 102 Å². The van der Waals surface area contributed by atoms with Gasteiger partial charge in [0.1, 0.15) is 0 Å². The summed E-state index contributed by atoms with van der Waals surface area (Å²) >= 11 is 0. The average molecular weight is 705 g/mol. The van der Waals surface area contributed by atoms with Gasteiger partial charge in [-0.1, -0.05) is 80.8 Å². The number of benzene rings is 3. The van der Waals surface area contributed by atoms with Gasteiger partial charge in [-0.3, -0.25) is 14.4 Å². The molecular formula is C42H52N6O4. The van der Waals surface area contributed by atoms with Crippen molar-refractivity contribution >= 4 is 23.4 Å². The second-order valence-electron chi connectivity index (χ2n) is 14.2. The summed E-state index contributed by atoms with van der Waals surface area (Å²) in [6.07, 6.45) is 4.37. The number of aliphatic hydroxyl groups excluding tert-OH is 1. The number of rotatable bonds is 13. The van der Waals surface area contributed by atoms with Gasteiger partial charge in [0.25, 0.3) is 11.8 Å². The second kappa shape index (κ2) is 16.6. The first-order valence-electron chi connectivity index (χ1n) is 18.8. The lowest BCUT2D eigenvalue weighted by molar-refractivity contribution is -0.131. The highest BCUT2D eigenvalue weighted by Gasteiger charge is 2.33. The van der Waals surface area contributed by atoms with Crippen molar-refractivity contribution in [3.05, 3.63) is 112 Å². The van der Waals surface area contributed by atoms with E-state index in [0.717, 1.165) is 53.8 Å². The number of hydrogen-bond acceptors (Lipinski definition) is 6. The van der Waals surface area contributed by atoms with Crippen LogP contribution in [-0.2, 0) is 24.3 Å². The second-order valence-corrected chi connectivity index (χ2v) is 14.2. The number of nitrogens with zero attached hydrogens (tertiary/aromatic N) is 6. The summed E-state index contributed by atoms with van der Waals surface area (Å²) in [5, 5.41) is 15.3. The van der Waals surface area contributed by atoms with Crippen molar-refractivity contribution in [3.63, 3.8) is 0 Å². The summed E-state index contributed by atoms with van der Waals surface area (Å²) in [7, 11) is 0. The van der Waals surface area contributed by atoms with Crippen LogP contribution in [-0.4, -0.2) is 92.7 Å². The van der Waals surface area contributed by atoms with Gasteiger partial charge in [0.05, 0.1) is 30.4 Å². The highest BCUT2D eigenvalue weighted by molar-refractivity contribution is 6.00. The van der Waals surface area contributed by atoms with Crippen LogP contribution in [0.2, 0.25) is 0 Å². The number of amides is 3. The van der Waals surface area contributed by atoms with Crippen LogP contribution in [0.1, 0.15) is 88.3 Å². The lowest BCUT2D eigenvalue weighted by Crippen LogP contribution is -2.50. The van der Waals surface area contributed by atoms with E-state index in [-0.39, 0.29) is 30.9 Å². The van der Waals surface area contributed by atoms with Gasteiger partial charge >= 0.3 is 0 Å². The normalized spacial score (nSPS) is 15.9. The first kappa shape index (κ1) is 36.8. The number of hydrogen-bond donors (Lipinski definition) is 1. The number of aliphatic hydroxyl groups is 1. The van der Waals surface area contributed by atoms with Crippen molar-refractivity contribution in [2.75, 3.05) is 44.2 Å². The molecule has 2 aliphatic rings. The van der Waals surface area contributed by atoms with Crippen molar-refractivity contribution < 1.29 is 19.5 Å². The molecule has 1 aromatic heterocycles. The number of carbonyl (C=O) groups excluding carboxylic acids is 3. The minimum absolute atomic E-state index is 0.0264. The first-order chi connectivity index (χ1) is 25.2. The highest BCUT2D eigenvalue weighted by atomic mass is 16.3. The standard InChI is InChI=1S/C42H52N6O4/c1-5-7-19-44(20-8-6-2)42(52)38-23-31(4)48(43-38)39-18-17-35(45-21-22-46(40(50)28-45)26-32-15-13-30(3)14-16-32)25-37(39)41(51)47-27-34-12-10-9-11-33(34)24-36(47)29-49/h9-18,23,25,36,49H,5-8,19-22,24,26-29H2,1-4H3/t36-/m0/s1. The minimum Gasteiger partial charge on any atom is -0.394 e. The number of fused-ring (bicyclic) bond motifs is 1. The Bertz CT molecular complexity index is 1880. The summed E-state index contributed by atoms with van der Waals surface area (Å²) in [5.41, 5.74) is 7.27. The van der Waals surface area contributed by atoms with E-state index in [1.165, 1.54) is 5.56 Å². The molecule has 2 aliphatic heterocycles. The molecule has 3 heterocycles. The first-order valence-corrected chi connectivity index (χ1v) is 18.8. The number of piperazine rings is 1. The number of anilines is 1. The average Bonchev–Trinajstić information content (AvgIpc) is 3.56. The molecule has 3 amide bonds. The lowest BCUT2D eigenvalue weighted by Gasteiger charge is -2.37. The van der Waals surface area contributed by atoms with E-state index in [9.17, 15) is 19.5 Å². The van der Waals surface area contributed by atoms with Crippen LogP contribution in [0.25, 0.3) is 5.69 Å². The quantitative estimate of drug-likeness (QED) is 0.185. The fraction of sp³-hybridized carbons (Fsp3) is 0.429. The molecule has 0 unspecified atom stereocenters. The van der Waals surface area contributed by atoms with E-state index in [2.05, 4.69) is 51.1 Å². The monoisotopic (exact) mass is 704 g/mol. The van der Waals surface area contributed by atoms with Crippen LogP contribution < -0.4 is 4.90 Å². The largest absolute Gasteiger partial charge is 0.394 e. The van der Waals surface area contributed by atoms with Crippen molar-refractivity contribution in [1.82, 2.24) is 24.5 Å². The fourth-order valence-corrected chi connectivity index (χ4v) is 7.23. The summed E-state index contributed by atoms with van der Waals surface area (Å²) in [6.45, 7) is 11.7. The third-order valence-corrected chi connectivity index (χ3v) is 10.4. The van der Waals surface area contributed by atoms with Crippen molar-refractivity contribution in [3.8, 4) is 5.69 Å². The van der Waals surface area contributed by atoms with Crippen molar-refractivity contribution in [2.24, 2.45) is 0 Å². The van der Waals surface area contributed by atoms with E-state index >= 15 is 0 Å². The van der Waals surface area contributed by atoms with Gasteiger partial charge in [-0.15, -0.1) is 0 Å². The smallest absolute Gasteiger partial charge is 0.274 e. The predicted molar refractivity (Wildman–Crippen MR) is 204 cm³/mol. The zero-order valence-corrected chi connectivity index (χ0v) is 31.1. The van der Waals surface area contributed by atoms with Crippen LogP contribution in [0.15, 0.2) is 72.8 Å². The third kappa shape index (κ3) is 8.07. The SMILES string of the molecule is CCCCN(CCCC)C(=O)c1cc(C)n(-c2ccc(N3CCN(Cc4ccc(C)cc4)C(=O)C3)cc2C(=O)N2Cc3ccccc3C[C@H]2CO)n1. The minimum atomic E-state index is -0.396. The molecule has 1 fully saturated rings. The van der Waals surface area contributed by atoms with E-state index in [0.29, 0.717) is 62.6 Å². The van der Waals surface area contributed by atoms with Gasteiger partial charge < -0.3 is 24.7 Å². The maximum atomic E-state index is 14.8. The van der Waals surface area contributed by atoms with Crippen LogP contribution in [0, 0.1) is 13.8 Å². The number of carbonyl (C=O) groups is 3. The number of unbranched alkanes of at least 4 members (excludes halogenated alkanes) is 2. The van der Waals surface area contributed by atoms with Crippen molar-refractivity contribution in [2.45, 2.75) is 78.9 Å². The maximum absolute atomic E-state index is 14.8. The van der Waals surface area contributed by atoms with Gasteiger partial charge in [0.2, 0.25) is 5.91 Å². The molecule has 3 aromatic carbocycles. The van der Waals surface area contributed by atoms with Gasteiger partial charge in [0.15, 0.2) is 5.69 Å². The van der Waals surface area contributed by atoms with Gasteiger partial charge in [-0.05, 0) is 74.1 Å². The molecule has 10 heteroatoms. The molecular weight excluding hydrogens is 652 g/mol. The predicted octanol–water partition coefficient (Wildman–Crippen LogP) is 5.94. The number of aromatic nitrogens is 2. The van der Waals surface area contributed by atoms with E-state index in [1.807, 2.05) is 58.0 Å². The van der Waals surface area contributed by atoms with Gasteiger partial charge in [-0.25, -0.2) is 4.68 Å². The molecule has 0 bridgehead atoms. The van der Waals surface area contributed by atoms with E-state index < -0.39 is 6.04 Å². The summed E-state index contributed by atoms with van der Waals surface area (Å²) < 4.78 is 1.69. The summed E-state index contributed by atoms with van der Waals surface area (Å²) in [6, 6.07) is 23.4. The molecule has 0 spiro atoms. The third-order valence-electron chi connectivity index (χ3n) is 10.4. The Morgan fingerprint density at radius 3 is 2.27 bits per heavy atom. The molecule has 0 radical (unpaired) electrons. The fourth-order valence-electron chi connectivity index (χ4n) is 7.23. The summed E-state index contributed by atoms with van der Waals surface area (Å²) in [4.78, 5) is 49.5. The van der Waals surface area contributed by atoms with Gasteiger partial charge in [0, 0.05) is 50.6 Å².